The number of halogens is 2. The molecule has 2 nitrogen and oxygen atoms in total. The molecule has 0 saturated heterocycles. The van der Waals surface area contributed by atoms with E-state index in [0.29, 0.717) is 5.92 Å². The van der Waals surface area contributed by atoms with E-state index in [1.54, 1.807) is 0 Å². The fourth-order valence-corrected chi connectivity index (χ4v) is 3.18. The highest BCUT2D eigenvalue weighted by atomic mass is 79.9. The second-order valence-corrected chi connectivity index (χ2v) is 6.38. The fourth-order valence-electron chi connectivity index (χ4n) is 2.18. The Morgan fingerprint density at radius 1 is 1.32 bits per heavy atom. The Morgan fingerprint density at radius 2 is 2.11 bits per heavy atom. The van der Waals surface area contributed by atoms with Gasteiger partial charge in [-0.2, -0.15) is 5.10 Å². The molecule has 1 heterocycles. The van der Waals surface area contributed by atoms with Gasteiger partial charge in [0.25, 0.3) is 0 Å². The average Bonchev–Trinajstić information content (AvgIpc) is 2.82. The number of nitrogens with zero attached hydrogens (tertiary/aromatic N) is 2. The molecule has 1 aromatic heterocycles. The number of rotatable bonds is 6. The van der Waals surface area contributed by atoms with Crippen LogP contribution >= 0.6 is 31.9 Å². The molecule has 4 heteroatoms. The molecule has 0 aliphatic carbocycles. The van der Waals surface area contributed by atoms with Crippen LogP contribution in [0.1, 0.15) is 17.5 Å². The SMILES string of the molecule is Cn1cc(CCC(CBr)Cc2ccccc2Br)cn1. The largest absolute Gasteiger partial charge is 0.276 e. The summed E-state index contributed by atoms with van der Waals surface area (Å²) in [6.45, 7) is 0. The van der Waals surface area contributed by atoms with E-state index < -0.39 is 0 Å². The number of alkyl halides is 1. The molecule has 0 amide bonds. The molecule has 0 spiro atoms. The maximum atomic E-state index is 4.22. The Balaban J connectivity index is 1.92. The lowest BCUT2D eigenvalue weighted by Crippen LogP contribution is -2.08. The summed E-state index contributed by atoms with van der Waals surface area (Å²) in [4.78, 5) is 0. The van der Waals surface area contributed by atoms with Crippen molar-refractivity contribution >= 4 is 31.9 Å². The van der Waals surface area contributed by atoms with Gasteiger partial charge in [0.05, 0.1) is 6.20 Å². The van der Waals surface area contributed by atoms with Crippen molar-refractivity contribution in [1.82, 2.24) is 9.78 Å². The fraction of sp³-hybridized carbons (Fsp3) is 0.400. The van der Waals surface area contributed by atoms with Crippen LogP contribution in [-0.4, -0.2) is 15.1 Å². The zero-order valence-corrected chi connectivity index (χ0v) is 14.2. The number of aryl methyl sites for hydroxylation is 2. The molecule has 1 unspecified atom stereocenters. The maximum absolute atomic E-state index is 4.22. The molecule has 0 saturated carbocycles. The van der Waals surface area contributed by atoms with Crippen molar-refractivity contribution in [3.05, 3.63) is 52.3 Å². The molecule has 0 N–H and O–H groups in total. The highest BCUT2D eigenvalue weighted by Gasteiger charge is 2.11. The lowest BCUT2D eigenvalue weighted by atomic mass is 9.95. The van der Waals surface area contributed by atoms with E-state index >= 15 is 0 Å². The third-order valence-electron chi connectivity index (χ3n) is 3.28. The molecule has 0 fully saturated rings. The van der Waals surface area contributed by atoms with Gasteiger partial charge in [-0.3, -0.25) is 4.68 Å². The minimum atomic E-state index is 0.652. The third kappa shape index (κ3) is 4.46. The van der Waals surface area contributed by atoms with Gasteiger partial charge >= 0.3 is 0 Å². The van der Waals surface area contributed by atoms with E-state index in [9.17, 15) is 0 Å². The third-order valence-corrected chi connectivity index (χ3v) is 4.97. The van der Waals surface area contributed by atoms with E-state index in [-0.39, 0.29) is 0 Å². The van der Waals surface area contributed by atoms with E-state index in [0.717, 1.165) is 18.2 Å². The molecule has 1 aromatic carbocycles. The maximum Gasteiger partial charge on any atom is 0.0521 e. The lowest BCUT2D eigenvalue weighted by molar-refractivity contribution is 0.541. The highest BCUT2D eigenvalue weighted by Crippen LogP contribution is 2.23. The van der Waals surface area contributed by atoms with Gasteiger partial charge in [0.2, 0.25) is 0 Å². The van der Waals surface area contributed by atoms with E-state index in [2.05, 4.69) is 67.4 Å². The van der Waals surface area contributed by atoms with Crippen LogP contribution in [0.3, 0.4) is 0 Å². The number of benzene rings is 1. The molecule has 1 atom stereocenters. The topological polar surface area (TPSA) is 17.8 Å². The molecule has 0 bridgehead atoms. The normalized spacial score (nSPS) is 12.6. The van der Waals surface area contributed by atoms with Crippen LogP contribution in [0.5, 0.6) is 0 Å². The first-order chi connectivity index (χ1) is 9.19. The molecule has 0 aliphatic heterocycles. The Bertz CT molecular complexity index is 522. The average molecular weight is 386 g/mol. The standard InChI is InChI=1S/C15H18Br2N2/c1-19-11-13(10-18-19)7-6-12(9-16)8-14-4-2-3-5-15(14)17/h2-5,10-12H,6-9H2,1H3. The highest BCUT2D eigenvalue weighted by molar-refractivity contribution is 9.10. The van der Waals surface area contributed by atoms with E-state index in [1.165, 1.54) is 22.0 Å². The summed E-state index contributed by atoms with van der Waals surface area (Å²) in [5.74, 6) is 0.652. The Labute approximate surface area is 131 Å². The van der Waals surface area contributed by atoms with Crippen molar-refractivity contribution in [3.8, 4) is 0 Å². The summed E-state index contributed by atoms with van der Waals surface area (Å²) in [5, 5.41) is 5.25. The Hall–Kier alpha value is -0.610. The van der Waals surface area contributed by atoms with E-state index in [1.807, 2.05) is 17.9 Å². The van der Waals surface area contributed by atoms with Gasteiger partial charge in [-0.25, -0.2) is 0 Å². The van der Waals surface area contributed by atoms with Crippen LogP contribution in [0.4, 0.5) is 0 Å². The van der Waals surface area contributed by atoms with Gasteiger partial charge in [-0.15, -0.1) is 0 Å². The van der Waals surface area contributed by atoms with Gasteiger partial charge in [0.1, 0.15) is 0 Å². The summed E-state index contributed by atoms with van der Waals surface area (Å²) in [5.41, 5.74) is 2.71. The molecule has 0 aliphatic rings. The zero-order chi connectivity index (χ0) is 13.7. The summed E-state index contributed by atoms with van der Waals surface area (Å²) in [6, 6.07) is 8.48. The van der Waals surface area contributed by atoms with Crippen molar-refractivity contribution < 1.29 is 0 Å². The van der Waals surface area contributed by atoms with Gasteiger partial charge < -0.3 is 0 Å². The Morgan fingerprint density at radius 3 is 2.74 bits per heavy atom. The minimum absolute atomic E-state index is 0.652. The summed E-state index contributed by atoms with van der Waals surface area (Å²) in [6.07, 6.45) is 7.44. The van der Waals surface area contributed by atoms with Crippen molar-refractivity contribution in [2.24, 2.45) is 13.0 Å². The van der Waals surface area contributed by atoms with E-state index in [4.69, 9.17) is 0 Å². The molecule has 0 radical (unpaired) electrons. The van der Waals surface area contributed by atoms with Crippen LogP contribution in [0.15, 0.2) is 41.1 Å². The number of aromatic nitrogens is 2. The first-order valence-electron chi connectivity index (χ1n) is 6.46. The van der Waals surface area contributed by atoms with Gasteiger partial charge in [-0.05, 0) is 42.4 Å². The number of hydrogen-bond donors (Lipinski definition) is 0. The lowest BCUT2D eigenvalue weighted by Gasteiger charge is -2.14. The van der Waals surface area contributed by atoms with Crippen molar-refractivity contribution in [2.45, 2.75) is 19.3 Å². The Kier molecular flexibility index (Phi) is 5.64. The van der Waals surface area contributed by atoms with Crippen LogP contribution in [-0.2, 0) is 19.9 Å². The molecule has 2 rings (SSSR count). The predicted octanol–water partition coefficient (Wildman–Crippen LogP) is 4.37. The van der Waals surface area contributed by atoms with Crippen LogP contribution in [0, 0.1) is 5.92 Å². The van der Waals surface area contributed by atoms with Gasteiger partial charge in [-0.1, -0.05) is 50.1 Å². The molecule has 2 aromatic rings. The second-order valence-electron chi connectivity index (χ2n) is 4.88. The quantitative estimate of drug-likeness (QED) is 0.675. The second kappa shape index (κ2) is 7.25. The van der Waals surface area contributed by atoms with Crippen molar-refractivity contribution in [1.29, 1.82) is 0 Å². The van der Waals surface area contributed by atoms with Gasteiger partial charge in [0.15, 0.2) is 0 Å². The molecular weight excluding hydrogens is 368 g/mol. The predicted molar refractivity (Wildman–Crippen MR) is 86.7 cm³/mol. The first-order valence-corrected chi connectivity index (χ1v) is 8.37. The molecule has 102 valence electrons. The molecular formula is C15H18Br2N2. The first kappa shape index (κ1) is 14.8. The summed E-state index contributed by atoms with van der Waals surface area (Å²) >= 11 is 7.27. The van der Waals surface area contributed by atoms with Crippen LogP contribution < -0.4 is 0 Å². The summed E-state index contributed by atoms with van der Waals surface area (Å²) < 4.78 is 3.08. The van der Waals surface area contributed by atoms with Crippen LogP contribution in [0.2, 0.25) is 0 Å². The molecule has 19 heavy (non-hydrogen) atoms. The smallest absolute Gasteiger partial charge is 0.0521 e. The van der Waals surface area contributed by atoms with Crippen molar-refractivity contribution in [3.63, 3.8) is 0 Å². The van der Waals surface area contributed by atoms with Crippen molar-refractivity contribution in [2.75, 3.05) is 5.33 Å². The zero-order valence-electron chi connectivity index (χ0n) is 11.0. The van der Waals surface area contributed by atoms with Gasteiger partial charge in [0, 0.05) is 23.0 Å². The monoisotopic (exact) mass is 384 g/mol. The summed E-state index contributed by atoms with van der Waals surface area (Å²) in [7, 11) is 1.96. The number of hydrogen-bond acceptors (Lipinski definition) is 1. The minimum Gasteiger partial charge on any atom is -0.276 e. The van der Waals surface area contributed by atoms with Crippen LogP contribution in [0.25, 0.3) is 0 Å².